The fourth-order valence-electron chi connectivity index (χ4n) is 1.97. The minimum Gasteiger partial charge on any atom is -0.351 e. The average Bonchev–Trinajstić information content (AvgIpc) is 2.30. The molecule has 0 saturated heterocycles. The predicted octanol–water partition coefficient (Wildman–Crippen LogP) is 3.43. The standard InChI is InChI=1S/C12H24O3/c1-3-4-8-11-14-15-12(13-2)9-6-5-7-10-12/h3-11H2,1-2H3. The minimum atomic E-state index is -0.454. The third kappa shape index (κ3) is 4.49. The maximum atomic E-state index is 5.44. The van der Waals surface area contributed by atoms with Gasteiger partial charge in [-0.3, -0.25) is 0 Å². The number of rotatable bonds is 7. The van der Waals surface area contributed by atoms with Crippen molar-refractivity contribution in [3.63, 3.8) is 0 Å². The van der Waals surface area contributed by atoms with Crippen LogP contribution in [0.3, 0.4) is 0 Å². The Morgan fingerprint density at radius 2 is 1.80 bits per heavy atom. The molecule has 1 aliphatic carbocycles. The molecule has 0 aromatic rings. The van der Waals surface area contributed by atoms with Crippen molar-refractivity contribution in [2.75, 3.05) is 13.7 Å². The molecule has 0 amide bonds. The van der Waals surface area contributed by atoms with Gasteiger partial charge in [0.25, 0.3) is 0 Å². The van der Waals surface area contributed by atoms with E-state index in [1.54, 1.807) is 7.11 Å². The van der Waals surface area contributed by atoms with Crippen molar-refractivity contribution in [1.29, 1.82) is 0 Å². The lowest BCUT2D eigenvalue weighted by atomic mass is 9.94. The van der Waals surface area contributed by atoms with Crippen molar-refractivity contribution >= 4 is 0 Å². The van der Waals surface area contributed by atoms with Crippen molar-refractivity contribution in [3.8, 4) is 0 Å². The Morgan fingerprint density at radius 3 is 2.40 bits per heavy atom. The summed E-state index contributed by atoms with van der Waals surface area (Å²) < 4.78 is 5.44. The van der Waals surface area contributed by atoms with Crippen molar-refractivity contribution in [3.05, 3.63) is 0 Å². The molecule has 0 radical (unpaired) electrons. The molecule has 1 fully saturated rings. The molecule has 0 aromatic heterocycles. The van der Waals surface area contributed by atoms with Crippen LogP contribution < -0.4 is 0 Å². The highest BCUT2D eigenvalue weighted by Crippen LogP contribution is 2.32. The molecule has 0 heterocycles. The van der Waals surface area contributed by atoms with E-state index in [9.17, 15) is 0 Å². The van der Waals surface area contributed by atoms with Gasteiger partial charge in [0.05, 0.1) is 6.61 Å². The first-order valence-electron chi connectivity index (χ1n) is 6.19. The molecule has 3 heteroatoms. The number of ether oxygens (including phenoxy) is 1. The molecule has 90 valence electrons. The second-order valence-corrected chi connectivity index (χ2v) is 4.29. The summed E-state index contributed by atoms with van der Waals surface area (Å²) in [5.41, 5.74) is 0. The van der Waals surface area contributed by atoms with Crippen LogP contribution in [0.2, 0.25) is 0 Å². The summed E-state index contributed by atoms with van der Waals surface area (Å²) in [7, 11) is 1.71. The van der Waals surface area contributed by atoms with Crippen LogP contribution in [0.1, 0.15) is 58.3 Å². The molecule has 0 spiro atoms. The Kier molecular flexibility index (Phi) is 6.22. The van der Waals surface area contributed by atoms with Crippen molar-refractivity contribution < 1.29 is 14.5 Å². The summed E-state index contributed by atoms with van der Waals surface area (Å²) in [5, 5.41) is 0. The van der Waals surface area contributed by atoms with E-state index in [-0.39, 0.29) is 0 Å². The van der Waals surface area contributed by atoms with E-state index >= 15 is 0 Å². The predicted molar refractivity (Wildman–Crippen MR) is 59.4 cm³/mol. The molecular formula is C12H24O3. The van der Waals surface area contributed by atoms with Gasteiger partial charge in [0.1, 0.15) is 0 Å². The maximum absolute atomic E-state index is 5.44. The molecule has 1 rings (SSSR count). The van der Waals surface area contributed by atoms with Gasteiger partial charge in [-0.1, -0.05) is 26.2 Å². The summed E-state index contributed by atoms with van der Waals surface area (Å²) in [6.45, 7) is 2.86. The van der Waals surface area contributed by atoms with Gasteiger partial charge in [0.2, 0.25) is 5.79 Å². The first-order valence-corrected chi connectivity index (χ1v) is 6.19. The first-order chi connectivity index (χ1) is 7.33. The van der Waals surface area contributed by atoms with Crippen LogP contribution >= 0.6 is 0 Å². The fraction of sp³-hybridized carbons (Fsp3) is 1.00. The number of hydrogen-bond acceptors (Lipinski definition) is 3. The molecule has 0 N–H and O–H groups in total. The van der Waals surface area contributed by atoms with Gasteiger partial charge in [-0.2, -0.15) is 0 Å². The molecule has 0 atom stereocenters. The quantitative estimate of drug-likeness (QED) is 0.282. The molecule has 15 heavy (non-hydrogen) atoms. The van der Waals surface area contributed by atoms with Crippen molar-refractivity contribution in [1.82, 2.24) is 0 Å². The summed E-state index contributed by atoms with van der Waals surface area (Å²) in [5.74, 6) is -0.454. The van der Waals surface area contributed by atoms with E-state index < -0.39 is 5.79 Å². The van der Waals surface area contributed by atoms with E-state index in [0.29, 0.717) is 6.61 Å². The molecule has 0 bridgehead atoms. The van der Waals surface area contributed by atoms with E-state index in [0.717, 1.165) is 19.3 Å². The highest BCUT2D eigenvalue weighted by atomic mass is 17.2. The van der Waals surface area contributed by atoms with Crippen molar-refractivity contribution in [2.45, 2.75) is 64.1 Å². The van der Waals surface area contributed by atoms with Gasteiger partial charge in [0.15, 0.2) is 0 Å². The number of methoxy groups -OCH3 is 1. The molecule has 1 aliphatic rings. The minimum absolute atomic E-state index is 0.454. The maximum Gasteiger partial charge on any atom is 0.201 e. The van der Waals surface area contributed by atoms with E-state index in [1.165, 1.54) is 32.1 Å². The van der Waals surface area contributed by atoms with Gasteiger partial charge in [0, 0.05) is 20.0 Å². The van der Waals surface area contributed by atoms with Gasteiger partial charge in [-0.15, -0.1) is 0 Å². The third-order valence-corrected chi connectivity index (χ3v) is 3.03. The number of unbranched alkanes of at least 4 members (excludes halogenated alkanes) is 2. The lowest BCUT2D eigenvalue weighted by Crippen LogP contribution is -2.37. The third-order valence-electron chi connectivity index (χ3n) is 3.03. The SMILES string of the molecule is CCCCCOOC1(OC)CCCCC1. The van der Waals surface area contributed by atoms with Gasteiger partial charge in [-0.25, -0.2) is 9.78 Å². The fourth-order valence-corrected chi connectivity index (χ4v) is 1.97. The zero-order valence-corrected chi connectivity index (χ0v) is 10.1. The van der Waals surface area contributed by atoms with E-state index in [1.807, 2.05) is 0 Å². The van der Waals surface area contributed by atoms with E-state index in [4.69, 9.17) is 14.5 Å². The zero-order valence-electron chi connectivity index (χ0n) is 10.1. The average molecular weight is 216 g/mol. The second kappa shape index (κ2) is 7.20. The monoisotopic (exact) mass is 216 g/mol. The van der Waals surface area contributed by atoms with Gasteiger partial charge >= 0.3 is 0 Å². The Balaban J connectivity index is 2.15. The molecule has 1 saturated carbocycles. The van der Waals surface area contributed by atoms with Crippen LogP contribution in [0.5, 0.6) is 0 Å². The van der Waals surface area contributed by atoms with E-state index in [2.05, 4.69) is 6.92 Å². The van der Waals surface area contributed by atoms with Crippen LogP contribution in [0.25, 0.3) is 0 Å². The summed E-state index contributed by atoms with van der Waals surface area (Å²) in [6, 6.07) is 0. The highest BCUT2D eigenvalue weighted by Gasteiger charge is 2.34. The van der Waals surface area contributed by atoms with Crippen LogP contribution in [0.4, 0.5) is 0 Å². The topological polar surface area (TPSA) is 27.7 Å². The van der Waals surface area contributed by atoms with Crippen molar-refractivity contribution in [2.24, 2.45) is 0 Å². The largest absolute Gasteiger partial charge is 0.351 e. The normalized spacial score (nSPS) is 20.4. The lowest BCUT2D eigenvalue weighted by molar-refractivity contribution is -0.431. The molecule has 0 aliphatic heterocycles. The smallest absolute Gasteiger partial charge is 0.201 e. The van der Waals surface area contributed by atoms with Crippen LogP contribution in [0, 0.1) is 0 Å². The number of hydrogen-bond donors (Lipinski definition) is 0. The Hall–Kier alpha value is -0.120. The zero-order chi connectivity index (χ0) is 11.0. The van der Waals surface area contributed by atoms with Crippen LogP contribution in [-0.2, 0) is 14.5 Å². The van der Waals surface area contributed by atoms with Crippen LogP contribution in [0.15, 0.2) is 0 Å². The highest BCUT2D eigenvalue weighted by molar-refractivity contribution is 4.73. The summed E-state index contributed by atoms with van der Waals surface area (Å²) in [6.07, 6.45) is 9.01. The second-order valence-electron chi connectivity index (χ2n) is 4.29. The molecule has 0 unspecified atom stereocenters. The summed E-state index contributed by atoms with van der Waals surface area (Å²) in [4.78, 5) is 10.7. The molecular weight excluding hydrogens is 192 g/mol. The van der Waals surface area contributed by atoms with Gasteiger partial charge < -0.3 is 4.74 Å². The Bertz CT molecular complexity index is 153. The van der Waals surface area contributed by atoms with Gasteiger partial charge in [-0.05, 0) is 19.3 Å². The Morgan fingerprint density at radius 1 is 1.07 bits per heavy atom. The molecule has 0 aromatic carbocycles. The lowest BCUT2D eigenvalue weighted by Gasteiger charge is -2.33. The van der Waals surface area contributed by atoms with Crippen LogP contribution in [-0.4, -0.2) is 19.5 Å². The first kappa shape index (κ1) is 12.9. The summed E-state index contributed by atoms with van der Waals surface area (Å²) >= 11 is 0. The molecule has 3 nitrogen and oxygen atoms in total. The Labute approximate surface area is 93.0 Å².